The minimum atomic E-state index is -0.473. The first-order valence-corrected chi connectivity index (χ1v) is 6.81. The van der Waals surface area contributed by atoms with Gasteiger partial charge in [0.15, 0.2) is 0 Å². The lowest BCUT2D eigenvalue weighted by Crippen LogP contribution is -2.51. The second-order valence-electron chi connectivity index (χ2n) is 6.48. The molecule has 0 N–H and O–H groups in total. The molecular weight excluding hydrogens is 230 g/mol. The number of piperidine rings is 1. The summed E-state index contributed by atoms with van der Waals surface area (Å²) < 4.78 is 5.46. The van der Waals surface area contributed by atoms with E-state index in [1.165, 1.54) is 0 Å². The molecule has 0 aromatic heterocycles. The highest BCUT2D eigenvalue weighted by Crippen LogP contribution is 2.40. The number of nitrogens with zero attached hydrogens (tertiary/aromatic N) is 1. The van der Waals surface area contributed by atoms with Gasteiger partial charge in [0, 0.05) is 18.0 Å². The van der Waals surface area contributed by atoms with Crippen molar-refractivity contribution < 1.29 is 14.3 Å². The van der Waals surface area contributed by atoms with Crippen molar-refractivity contribution in [3.63, 3.8) is 0 Å². The molecule has 0 radical (unpaired) electrons. The first-order valence-electron chi connectivity index (χ1n) is 6.81. The highest BCUT2D eigenvalue weighted by Gasteiger charge is 2.47. The number of ketones is 1. The Labute approximate surface area is 109 Å². The van der Waals surface area contributed by atoms with Gasteiger partial charge in [0.05, 0.1) is 0 Å². The van der Waals surface area contributed by atoms with Gasteiger partial charge in [-0.2, -0.15) is 0 Å². The molecule has 102 valence electrons. The van der Waals surface area contributed by atoms with Crippen LogP contribution in [0.4, 0.5) is 4.79 Å². The molecule has 0 saturated carbocycles. The van der Waals surface area contributed by atoms with Crippen molar-refractivity contribution in [1.29, 1.82) is 0 Å². The number of fused-ring (bicyclic) bond motifs is 2. The number of carbonyl (C=O) groups excluding carboxylic acids is 2. The van der Waals surface area contributed by atoms with Crippen LogP contribution in [0.1, 0.15) is 53.4 Å². The summed E-state index contributed by atoms with van der Waals surface area (Å²) >= 11 is 0. The summed E-state index contributed by atoms with van der Waals surface area (Å²) in [5, 5.41) is 0. The Hall–Kier alpha value is -1.06. The molecule has 0 unspecified atom stereocenters. The summed E-state index contributed by atoms with van der Waals surface area (Å²) in [5.41, 5.74) is -0.473. The van der Waals surface area contributed by atoms with Crippen molar-refractivity contribution in [3.8, 4) is 0 Å². The lowest BCUT2D eigenvalue weighted by Gasteiger charge is -2.39. The topological polar surface area (TPSA) is 46.6 Å². The molecular formula is C14H23NO3. The van der Waals surface area contributed by atoms with E-state index in [2.05, 4.69) is 0 Å². The maximum absolute atomic E-state index is 12.2. The number of carbonyl (C=O) groups is 2. The molecule has 0 aromatic rings. The van der Waals surface area contributed by atoms with E-state index in [1.54, 1.807) is 6.92 Å². The number of ether oxygens (including phenoxy) is 1. The minimum Gasteiger partial charge on any atom is -0.444 e. The molecule has 1 amide bonds. The van der Waals surface area contributed by atoms with Gasteiger partial charge in [0.1, 0.15) is 11.4 Å². The summed E-state index contributed by atoms with van der Waals surface area (Å²) in [6, 6.07) is 0.344. The van der Waals surface area contributed by atoms with Gasteiger partial charge < -0.3 is 9.64 Å². The van der Waals surface area contributed by atoms with E-state index in [9.17, 15) is 9.59 Å². The lowest BCUT2D eigenvalue weighted by atomic mass is 9.87. The van der Waals surface area contributed by atoms with E-state index < -0.39 is 5.60 Å². The van der Waals surface area contributed by atoms with Gasteiger partial charge in [0.2, 0.25) is 0 Å². The molecule has 2 rings (SSSR count). The van der Waals surface area contributed by atoms with Crippen molar-refractivity contribution in [2.45, 2.75) is 71.1 Å². The summed E-state index contributed by atoms with van der Waals surface area (Å²) in [5.74, 6) is 0.213. The fraction of sp³-hybridized carbons (Fsp3) is 0.857. The normalized spacial score (nSPS) is 31.3. The number of Topliss-reactive ketones (excluding diaryl/α,β-unsaturated/α-hetero) is 1. The zero-order valence-electron chi connectivity index (χ0n) is 11.7. The first-order chi connectivity index (χ1) is 8.29. The van der Waals surface area contributed by atoms with Crippen LogP contribution in [0.2, 0.25) is 0 Å². The molecule has 2 heterocycles. The van der Waals surface area contributed by atoms with E-state index >= 15 is 0 Å². The zero-order chi connectivity index (χ0) is 13.5. The number of amides is 1. The van der Waals surface area contributed by atoms with Gasteiger partial charge in [-0.15, -0.1) is 0 Å². The maximum atomic E-state index is 12.2. The van der Waals surface area contributed by atoms with Crippen molar-refractivity contribution in [3.05, 3.63) is 0 Å². The Kier molecular flexibility index (Phi) is 3.39. The van der Waals surface area contributed by atoms with E-state index in [4.69, 9.17) is 4.74 Å². The minimum absolute atomic E-state index is 0.0104. The van der Waals surface area contributed by atoms with Crippen molar-refractivity contribution in [2.24, 2.45) is 5.92 Å². The highest BCUT2D eigenvalue weighted by atomic mass is 16.6. The zero-order valence-corrected chi connectivity index (χ0v) is 11.7. The molecule has 0 aliphatic carbocycles. The van der Waals surface area contributed by atoms with E-state index in [1.807, 2.05) is 25.7 Å². The predicted molar refractivity (Wildman–Crippen MR) is 68.3 cm³/mol. The largest absolute Gasteiger partial charge is 0.444 e. The van der Waals surface area contributed by atoms with Crippen LogP contribution in [-0.4, -0.2) is 34.5 Å². The average molecular weight is 253 g/mol. The fourth-order valence-corrected chi connectivity index (χ4v) is 3.23. The molecule has 2 bridgehead atoms. The monoisotopic (exact) mass is 253 g/mol. The van der Waals surface area contributed by atoms with Crippen LogP contribution in [0.15, 0.2) is 0 Å². The molecule has 0 aromatic carbocycles. The third-order valence-electron chi connectivity index (χ3n) is 3.95. The molecule has 2 saturated heterocycles. The van der Waals surface area contributed by atoms with Crippen molar-refractivity contribution >= 4 is 11.9 Å². The van der Waals surface area contributed by atoms with E-state index in [-0.39, 0.29) is 29.9 Å². The fourth-order valence-electron chi connectivity index (χ4n) is 3.23. The van der Waals surface area contributed by atoms with Crippen molar-refractivity contribution in [1.82, 2.24) is 4.90 Å². The standard InChI is InChI=1S/C14H23NO3/c1-9(16)11-7-5-10-6-8-12(11)15(10)13(17)18-14(2,3)4/h10-12H,5-8H2,1-4H3/t10-,11-,12-/m0/s1. The Morgan fingerprint density at radius 1 is 1.11 bits per heavy atom. The molecule has 18 heavy (non-hydrogen) atoms. The van der Waals surface area contributed by atoms with Crippen LogP contribution in [0.5, 0.6) is 0 Å². The molecule has 3 atom stereocenters. The first kappa shape index (κ1) is 13.4. The Balaban J connectivity index is 2.13. The maximum Gasteiger partial charge on any atom is 0.410 e. The second kappa shape index (κ2) is 4.56. The summed E-state index contributed by atoms with van der Waals surface area (Å²) in [4.78, 5) is 25.7. The van der Waals surface area contributed by atoms with Gasteiger partial charge >= 0.3 is 6.09 Å². The van der Waals surface area contributed by atoms with Gasteiger partial charge in [-0.05, 0) is 53.4 Å². The van der Waals surface area contributed by atoms with Crippen LogP contribution in [-0.2, 0) is 9.53 Å². The Bertz CT molecular complexity index is 359. The third-order valence-corrected chi connectivity index (χ3v) is 3.95. The van der Waals surface area contributed by atoms with Gasteiger partial charge in [0.25, 0.3) is 0 Å². The van der Waals surface area contributed by atoms with Crippen LogP contribution in [0.25, 0.3) is 0 Å². The second-order valence-corrected chi connectivity index (χ2v) is 6.48. The molecule has 4 heteroatoms. The summed E-state index contributed by atoms with van der Waals surface area (Å²) in [6.45, 7) is 7.26. The smallest absolute Gasteiger partial charge is 0.410 e. The lowest BCUT2D eigenvalue weighted by molar-refractivity contribution is -0.124. The number of hydrogen-bond donors (Lipinski definition) is 0. The Morgan fingerprint density at radius 3 is 2.28 bits per heavy atom. The SMILES string of the molecule is CC(=O)[C@@H]1CC[C@H]2CC[C@@H]1N2C(=O)OC(C)(C)C. The quantitative estimate of drug-likeness (QED) is 0.722. The van der Waals surface area contributed by atoms with Crippen LogP contribution < -0.4 is 0 Å². The molecule has 4 nitrogen and oxygen atoms in total. The van der Waals surface area contributed by atoms with Crippen LogP contribution in [0, 0.1) is 5.92 Å². The molecule has 0 spiro atoms. The Morgan fingerprint density at radius 2 is 1.72 bits per heavy atom. The van der Waals surface area contributed by atoms with Crippen LogP contribution in [0.3, 0.4) is 0 Å². The highest BCUT2D eigenvalue weighted by molar-refractivity contribution is 5.80. The molecule has 2 aliphatic heterocycles. The van der Waals surface area contributed by atoms with Gasteiger partial charge in [-0.3, -0.25) is 4.79 Å². The van der Waals surface area contributed by atoms with E-state index in [0.717, 1.165) is 25.7 Å². The number of rotatable bonds is 1. The van der Waals surface area contributed by atoms with Gasteiger partial charge in [-0.1, -0.05) is 0 Å². The number of hydrogen-bond acceptors (Lipinski definition) is 3. The third kappa shape index (κ3) is 2.52. The predicted octanol–water partition coefficient (Wildman–Crippen LogP) is 2.75. The van der Waals surface area contributed by atoms with Crippen LogP contribution >= 0.6 is 0 Å². The molecule has 2 fully saturated rings. The van der Waals surface area contributed by atoms with Crippen molar-refractivity contribution in [2.75, 3.05) is 0 Å². The summed E-state index contributed by atoms with van der Waals surface area (Å²) in [6.07, 6.45) is 3.55. The average Bonchev–Trinajstić information content (AvgIpc) is 2.49. The molecule has 2 aliphatic rings. The van der Waals surface area contributed by atoms with Gasteiger partial charge in [-0.25, -0.2) is 4.79 Å². The summed E-state index contributed by atoms with van der Waals surface area (Å²) in [7, 11) is 0. The van der Waals surface area contributed by atoms with E-state index in [0.29, 0.717) is 0 Å².